The first-order valence-corrected chi connectivity index (χ1v) is 7.51. The third-order valence-electron chi connectivity index (χ3n) is 3.00. The highest BCUT2D eigenvalue weighted by atomic mass is 32.1. The largest absolute Gasteiger partial charge is 0.486 e. The zero-order valence-corrected chi connectivity index (χ0v) is 12.4. The lowest BCUT2D eigenvalue weighted by atomic mass is 10.1. The molecule has 3 rings (SSSR count). The number of para-hydroxylation sites is 1. The first kappa shape index (κ1) is 13.8. The molecule has 0 fully saturated rings. The third-order valence-corrected chi connectivity index (χ3v) is 3.90. The number of carbonyl (C=O) groups excluding carboxylic acids is 1. The summed E-state index contributed by atoms with van der Waals surface area (Å²) >= 11 is 1.54. The first-order chi connectivity index (χ1) is 10.2. The number of benzene rings is 1. The topological polar surface area (TPSA) is 73.3 Å². The summed E-state index contributed by atoms with van der Waals surface area (Å²) in [6.07, 6.45) is 0.670. The molecule has 1 aliphatic rings. The molecular formula is C14H15N3O3S. The molecule has 6 nitrogen and oxygen atoms in total. The Hall–Kier alpha value is -2.15. The molecule has 0 bridgehead atoms. The quantitative estimate of drug-likeness (QED) is 0.928. The van der Waals surface area contributed by atoms with Crippen LogP contribution in [0.2, 0.25) is 0 Å². The zero-order valence-electron chi connectivity index (χ0n) is 11.6. The number of rotatable bonds is 4. The number of hydrogen-bond donors (Lipinski definition) is 1. The van der Waals surface area contributed by atoms with E-state index in [-0.39, 0.29) is 5.91 Å². The lowest BCUT2D eigenvalue weighted by Gasteiger charge is -2.20. The van der Waals surface area contributed by atoms with Crippen molar-refractivity contribution in [1.29, 1.82) is 0 Å². The summed E-state index contributed by atoms with van der Waals surface area (Å²) in [6.45, 7) is 3.39. The normalized spacial score (nSPS) is 13.0. The summed E-state index contributed by atoms with van der Waals surface area (Å²) in [5.74, 6) is 0.972. The Bertz CT molecular complexity index is 657. The number of aromatic nitrogens is 2. The molecule has 1 aromatic carbocycles. The van der Waals surface area contributed by atoms with Crippen LogP contribution in [0.5, 0.6) is 11.5 Å². The molecule has 0 unspecified atom stereocenters. The molecule has 0 spiro atoms. The Labute approximate surface area is 126 Å². The fourth-order valence-electron chi connectivity index (χ4n) is 2.07. The van der Waals surface area contributed by atoms with Gasteiger partial charge >= 0.3 is 0 Å². The molecule has 0 aliphatic carbocycles. The number of nitrogens with one attached hydrogen (secondary N) is 1. The van der Waals surface area contributed by atoms with Gasteiger partial charge in [0, 0.05) is 13.0 Å². The maximum atomic E-state index is 12.2. The van der Waals surface area contributed by atoms with Crippen LogP contribution in [0, 0.1) is 6.92 Å². The molecule has 0 saturated carbocycles. The minimum absolute atomic E-state index is 0.168. The van der Waals surface area contributed by atoms with Crippen LogP contribution in [0.3, 0.4) is 0 Å². The van der Waals surface area contributed by atoms with Gasteiger partial charge in [0.2, 0.25) is 0 Å². The number of carbonyl (C=O) groups is 1. The van der Waals surface area contributed by atoms with Gasteiger partial charge in [0.1, 0.15) is 23.2 Å². The second-order valence-corrected chi connectivity index (χ2v) is 5.82. The number of hydrogen-bond acceptors (Lipinski definition) is 6. The Morgan fingerprint density at radius 2 is 2.19 bits per heavy atom. The van der Waals surface area contributed by atoms with Gasteiger partial charge in [-0.15, -0.1) is 21.5 Å². The monoisotopic (exact) mass is 305 g/mol. The smallest absolute Gasteiger partial charge is 0.255 e. The molecule has 0 saturated heterocycles. The van der Waals surface area contributed by atoms with Crippen LogP contribution < -0.4 is 14.8 Å². The van der Waals surface area contributed by atoms with Crippen molar-refractivity contribution in [3.05, 3.63) is 33.8 Å². The molecule has 21 heavy (non-hydrogen) atoms. The Kier molecular flexibility index (Phi) is 4.01. The molecule has 2 aromatic rings. The van der Waals surface area contributed by atoms with Crippen molar-refractivity contribution in [3.8, 4) is 11.5 Å². The fourth-order valence-corrected chi connectivity index (χ4v) is 2.78. The van der Waals surface area contributed by atoms with Crippen molar-refractivity contribution in [2.45, 2.75) is 13.3 Å². The second-order valence-electron chi connectivity index (χ2n) is 4.55. The van der Waals surface area contributed by atoms with E-state index in [0.29, 0.717) is 43.2 Å². The summed E-state index contributed by atoms with van der Waals surface area (Å²) in [7, 11) is 0. The van der Waals surface area contributed by atoms with Crippen molar-refractivity contribution in [3.63, 3.8) is 0 Å². The number of nitrogens with zero attached hydrogens (tertiary/aromatic N) is 2. The highest BCUT2D eigenvalue weighted by molar-refractivity contribution is 7.11. The Morgan fingerprint density at radius 1 is 1.33 bits per heavy atom. The van der Waals surface area contributed by atoms with Crippen LogP contribution in [0.25, 0.3) is 0 Å². The summed E-state index contributed by atoms with van der Waals surface area (Å²) in [5.41, 5.74) is 0.501. The highest BCUT2D eigenvalue weighted by Gasteiger charge is 2.20. The lowest BCUT2D eigenvalue weighted by Crippen LogP contribution is -2.27. The van der Waals surface area contributed by atoms with Gasteiger partial charge in [-0.2, -0.15) is 0 Å². The Morgan fingerprint density at radius 3 is 3.00 bits per heavy atom. The molecule has 110 valence electrons. The van der Waals surface area contributed by atoms with Crippen LogP contribution in [-0.2, 0) is 6.42 Å². The minimum Gasteiger partial charge on any atom is -0.486 e. The lowest BCUT2D eigenvalue weighted by molar-refractivity contribution is 0.0943. The summed E-state index contributed by atoms with van der Waals surface area (Å²) < 4.78 is 11.0. The van der Waals surface area contributed by atoms with Crippen LogP contribution in [0.4, 0.5) is 0 Å². The van der Waals surface area contributed by atoms with Gasteiger partial charge in [-0.25, -0.2) is 0 Å². The minimum atomic E-state index is -0.168. The van der Waals surface area contributed by atoms with Gasteiger partial charge in [0.05, 0.1) is 5.56 Å². The number of aryl methyl sites for hydroxylation is 1. The Balaban J connectivity index is 1.63. The molecule has 7 heteroatoms. The molecule has 2 heterocycles. The SMILES string of the molecule is Cc1nnc(CCNC(=O)c2cccc3c2OCCO3)s1. The summed E-state index contributed by atoms with van der Waals surface area (Å²) in [6, 6.07) is 5.32. The van der Waals surface area contributed by atoms with E-state index >= 15 is 0 Å². The van der Waals surface area contributed by atoms with Gasteiger partial charge in [-0.05, 0) is 19.1 Å². The van der Waals surface area contributed by atoms with Crippen LogP contribution in [0.15, 0.2) is 18.2 Å². The van der Waals surface area contributed by atoms with E-state index in [1.807, 2.05) is 6.92 Å². The summed E-state index contributed by atoms with van der Waals surface area (Å²) in [4.78, 5) is 12.2. The maximum absolute atomic E-state index is 12.2. The van der Waals surface area contributed by atoms with Gasteiger partial charge in [0.15, 0.2) is 11.5 Å². The average molecular weight is 305 g/mol. The standard InChI is InChI=1S/C14H15N3O3S/c1-9-16-17-12(21-9)5-6-15-14(18)10-3-2-4-11-13(10)20-8-7-19-11/h2-4H,5-8H2,1H3,(H,15,18). The molecule has 1 aromatic heterocycles. The van der Waals surface area contributed by atoms with E-state index in [2.05, 4.69) is 15.5 Å². The van der Waals surface area contributed by atoms with Crippen molar-refractivity contribution >= 4 is 17.2 Å². The highest BCUT2D eigenvalue weighted by Crippen LogP contribution is 2.33. The summed E-state index contributed by atoms with van der Waals surface area (Å²) in [5, 5.41) is 12.7. The van der Waals surface area contributed by atoms with Crippen LogP contribution in [-0.4, -0.2) is 35.9 Å². The maximum Gasteiger partial charge on any atom is 0.255 e. The van der Waals surface area contributed by atoms with E-state index < -0.39 is 0 Å². The van der Waals surface area contributed by atoms with E-state index in [1.54, 1.807) is 18.2 Å². The predicted octanol–water partition coefficient (Wildman–Crippen LogP) is 1.59. The van der Waals surface area contributed by atoms with Crippen molar-refractivity contribution < 1.29 is 14.3 Å². The molecule has 0 radical (unpaired) electrons. The molecular weight excluding hydrogens is 290 g/mol. The average Bonchev–Trinajstić information content (AvgIpc) is 2.92. The molecule has 1 N–H and O–H groups in total. The van der Waals surface area contributed by atoms with E-state index in [4.69, 9.17) is 9.47 Å². The van der Waals surface area contributed by atoms with Crippen LogP contribution in [0.1, 0.15) is 20.4 Å². The number of amides is 1. The van der Waals surface area contributed by atoms with Gasteiger partial charge in [-0.1, -0.05) is 6.07 Å². The van der Waals surface area contributed by atoms with E-state index in [9.17, 15) is 4.79 Å². The number of fused-ring (bicyclic) bond motifs is 1. The van der Waals surface area contributed by atoms with Crippen LogP contribution >= 0.6 is 11.3 Å². The number of ether oxygens (including phenoxy) is 2. The molecule has 1 aliphatic heterocycles. The van der Waals surface area contributed by atoms with Crippen molar-refractivity contribution in [2.24, 2.45) is 0 Å². The van der Waals surface area contributed by atoms with Gasteiger partial charge < -0.3 is 14.8 Å². The van der Waals surface area contributed by atoms with E-state index in [1.165, 1.54) is 11.3 Å². The second kappa shape index (κ2) is 6.09. The zero-order chi connectivity index (χ0) is 14.7. The third kappa shape index (κ3) is 3.13. The molecule has 1 amide bonds. The predicted molar refractivity (Wildman–Crippen MR) is 78.1 cm³/mol. The first-order valence-electron chi connectivity index (χ1n) is 6.70. The van der Waals surface area contributed by atoms with Gasteiger partial charge in [-0.3, -0.25) is 4.79 Å². The van der Waals surface area contributed by atoms with Crippen molar-refractivity contribution in [1.82, 2.24) is 15.5 Å². The van der Waals surface area contributed by atoms with Gasteiger partial charge in [0.25, 0.3) is 5.91 Å². The van der Waals surface area contributed by atoms with E-state index in [0.717, 1.165) is 10.0 Å². The molecule has 0 atom stereocenters. The fraction of sp³-hybridized carbons (Fsp3) is 0.357. The van der Waals surface area contributed by atoms with Crippen molar-refractivity contribution in [2.75, 3.05) is 19.8 Å².